The summed E-state index contributed by atoms with van der Waals surface area (Å²) in [6, 6.07) is 0. The van der Waals surface area contributed by atoms with Gasteiger partial charge < -0.3 is 29.7 Å². The molecule has 2 radical (unpaired) electrons. The summed E-state index contributed by atoms with van der Waals surface area (Å²) in [5, 5.41) is 30.0. The number of thiol groups is 3. The number of unbranched alkanes of at least 4 members (excludes halogenated alkanes) is 9. The van der Waals surface area contributed by atoms with E-state index in [1.165, 1.54) is 57.8 Å². The van der Waals surface area contributed by atoms with Gasteiger partial charge >= 0.3 is 24.4 Å². The SMILES string of the molecule is CCCCCCC(C)(C)C(S)C(=O)[O-].CCCCCCC(C)(C)C(S)C(=O)[O-].CCCCCCC(C)(C)C(S)C(=O)[O-].[Sb+3]. The molecular formula is C33H63O6S3Sb. The second kappa shape index (κ2) is 27.4. The van der Waals surface area contributed by atoms with Crippen LogP contribution >= 0.6 is 37.9 Å². The Morgan fingerprint density at radius 1 is 0.465 bits per heavy atom. The average molecular weight is 774 g/mol. The second-order valence-corrected chi connectivity index (χ2v) is 15.1. The first kappa shape index (κ1) is 50.1. The Kier molecular flexibility index (Phi) is 31.9. The molecule has 6 nitrogen and oxygen atoms in total. The minimum atomic E-state index is -1.06. The molecule has 3 unspecified atom stereocenters. The predicted octanol–water partition coefficient (Wildman–Crippen LogP) is 5.71. The summed E-state index contributed by atoms with van der Waals surface area (Å²) in [6.07, 6.45) is 16.7. The van der Waals surface area contributed by atoms with Crippen LogP contribution in [0.2, 0.25) is 0 Å². The van der Waals surface area contributed by atoms with Crippen molar-refractivity contribution in [2.24, 2.45) is 16.2 Å². The fourth-order valence-corrected chi connectivity index (χ4v) is 4.78. The van der Waals surface area contributed by atoms with Gasteiger partial charge in [-0.15, -0.1) is 0 Å². The summed E-state index contributed by atoms with van der Waals surface area (Å²) < 4.78 is 0. The van der Waals surface area contributed by atoms with E-state index < -0.39 is 33.7 Å². The first-order valence-corrected chi connectivity index (χ1v) is 17.5. The third kappa shape index (κ3) is 26.1. The number of rotatable bonds is 21. The van der Waals surface area contributed by atoms with Crippen LogP contribution in [0, 0.1) is 16.2 Å². The van der Waals surface area contributed by atoms with Crippen molar-refractivity contribution >= 4 is 80.2 Å². The Hall–Kier alpha value is 0.278. The topological polar surface area (TPSA) is 120 Å². The minimum absolute atomic E-state index is 0. The predicted molar refractivity (Wildman–Crippen MR) is 187 cm³/mol. The minimum Gasteiger partial charge on any atom is -0.549 e. The van der Waals surface area contributed by atoms with Crippen LogP contribution < -0.4 is 15.3 Å². The van der Waals surface area contributed by atoms with Gasteiger partial charge in [0.1, 0.15) is 0 Å². The van der Waals surface area contributed by atoms with Crippen LogP contribution in [-0.2, 0) is 14.4 Å². The van der Waals surface area contributed by atoms with Gasteiger partial charge in [-0.1, -0.05) is 139 Å². The van der Waals surface area contributed by atoms with Crippen LogP contribution in [-0.4, -0.2) is 58.1 Å². The van der Waals surface area contributed by atoms with Crippen molar-refractivity contribution in [3.63, 3.8) is 0 Å². The zero-order valence-corrected chi connectivity index (χ0v) is 33.8. The molecule has 0 aliphatic heterocycles. The fraction of sp³-hybridized carbons (Fsp3) is 0.909. The molecule has 0 N–H and O–H groups in total. The molecule has 0 fully saturated rings. The maximum atomic E-state index is 10.6. The van der Waals surface area contributed by atoms with Crippen molar-refractivity contribution in [2.45, 2.75) is 174 Å². The van der Waals surface area contributed by atoms with Gasteiger partial charge in [0.25, 0.3) is 0 Å². The summed E-state index contributed by atoms with van der Waals surface area (Å²) in [4.78, 5) is 31.9. The van der Waals surface area contributed by atoms with Gasteiger partial charge in [-0.25, -0.2) is 0 Å². The van der Waals surface area contributed by atoms with Gasteiger partial charge in [0.05, 0.1) is 17.9 Å². The molecule has 254 valence electrons. The summed E-state index contributed by atoms with van der Waals surface area (Å²) in [5.74, 6) is -3.18. The van der Waals surface area contributed by atoms with Crippen molar-refractivity contribution in [1.82, 2.24) is 0 Å². The normalized spacial score (nSPS) is 13.7. The number of carboxylic acids is 3. The van der Waals surface area contributed by atoms with Crippen molar-refractivity contribution in [3.8, 4) is 0 Å². The Morgan fingerprint density at radius 2 is 0.651 bits per heavy atom. The third-order valence-corrected chi connectivity index (χ3v) is 10.6. The molecule has 0 spiro atoms. The van der Waals surface area contributed by atoms with Gasteiger partial charge in [-0.05, 0) is 35.5 Å². The zero-order valence-electron chi connectivity index (χ0n) is 28.6. The Morgan fingerprint density at radius 3 is 0.791 bits per heavy atom. The van der Waals surface area contributed by atoms with Crippen molar-refractivity contribution in [1.29, 1.82) is 0 Å². The molecule has 0 aliphatic rings. The number of aliphatic carboxylic acids is 3. The maximum Gasteiger partial charge on any atom is 3.00 e. The fourth-order valence-electron chi connectivity index (χ4n) is 4.39. The van der Waals surface area contributed by atoms with E-state index in [1.807, 2.05) is 41.5 Å². The monoisotopic (exact) mass is 772 g/mol. The Labute approximate surface area is 298 Å². The van der Waals surface area contributed by atoms with E-state index in [2.05, 4.69) is 58.7 Å². The van der Waals surface area contributed by atoms with Crippen LogP contribution in [0.4, 0.5) is 0 Å². The second-order valence-electron chi connectivity index (χ2n) is 13.6. The smallest absolute Gasteiger partial charge is 0.549 e. The number of carboxylic acid groups (broad SMARTS) is 3. The zero-order chi connectivity index (χ0) is 33.6. The first-order valence-electron chi connectivity index (χ1n) is 15.9. The van der Waals surface area contributed by atoms with Crippen molar-refractivity contribution < 1.29 is 29.7 Å². The van der Waals surface area contributed by atoms with Gasteiger partial charge in [-0.3, -0.25) is 0 Å². The molecule has 0 rings (SSSR count). The Balaban J connectivity index is -0.000000262. The molecule has 0 saturated heterocycles. The van der Waals surface area contributed by atoms with E-state index in [4.69, 9.17) is 0 Å². The van der Waals surface area contributed by atoms with Crippen LogP contribution in [0.3, 0.4) is 0 Å². The van der Waals surface area contributed by atoms with Crippen molar-refractivity contribution in [2.75, 3.05) is 0 Å². The van der Waals surface area contributed by atoms with Crippen LogP contribution in [0.25, 0.3) is 0 Å². The molecule has 0 aliphatic carbocycles. The largest absolute Gasteiger partial charge is 3.00 e. The molecule has 0 saturated carbocycles. The summed E-state index contributed by atoms with van der Waals surface area (Å²) in [5.41, 5.74) is -0.805. The van der Waals surface area contributed by atoms with Crippen LogP contribution in [0.5, 0.6) is 0 Å². The van der Waals surface area contributed by atoms with Crippen molar-refractivity contribution in [3.05, 3.63) is 0 Å². The molecule has 0 amide bonds. The third-order valence-electron chi connectivity index (χ3n) is 7.91. The molecule has 0 aromatic carbocycles. The molecule has 0 bridgehead atoms. The van der Waals surface area contributed by atoms with Gasteiger partial charge in [0.2, 0.25) is 0 Å². The molecule has 0 heterocycles. The molecule has 0 aromatic heterocycles. The van der Waals surface area contributed by atoms with Gasteiger partial charge in [0.15, 0.2) is 0 Å². The summed E-state index contributed by atoms with van der Waals surface area (Å²) in [6.45, 7) is 18.1. The summed E-state index contributed by atoms with van der Waals surface area (Å²) >= 11 is 12.2. The van der Waals surface area contributed by atoms with Crippen LogP contribution in [0.1, 0.15) is 159 Å². The number of carbonyl (C=O) groups excluding carboxylic acids is 3. The maximum absolute atomic E-state index is 10.6. The quantitative estimate of drug-likeness (QED) is 0.0782. The van der Waals surface area contributed by atoms with Crippen LogP contribution in [0.15, 0.2) is 0 Å². The standard InChI is InChI=1S/3C11H22O2S.Sb/c3*1-4-5-6-7-8-11(2,3)9(14)10(12)13;/h3*9,14H,4-8H2,1-3H3,(H,12,13);/q;;;+3/p-3. The first-order chi connectivity index (χ1) is 19.2. The molecule has 43 heavy (non-hydrogen) atoms. The number of hydrogen-bond donors (Lipinski definition) is 3. The number of hydrogen-bond acceptors (Lipinski definition) is 9. The molecule has 3 atom stereocenters. The van der Waals surface area contributed by atoms with E-state index in [1.54, 1.807) is 0 Å². The molecule has 0 aromatic rings. The van der Waals surface area contributed by atoms with Gasteiger partial charge in [0, 0.05) is 15.7 Å². The molecule has 10 heteroatoms. The average Bonchev–Trinajstić information content (AvgIpc) is 2.90. The summed E-state index contributed by atoms with van der Waals surface area (Å²) in [7, 11) is 0. The van der Waals surface area contributed by atoms with E-state index >= 15 is 0 Å². The van der Waals surface area contributed by atoms with E-state index in [9.17, 15) is 29.7 Å². The Bertz CT molecular complexity index is 636. The van der Waals surface area contributed by atoms with Gasteiger partial charge in [-0.2, -0.15) is 37.9 Å². The van der Waals surface area contributed by atoms with E-state index in [-0.39, 0.29) is 40.7 Å². The van der Waals surface area contributed by atoms with E-state index in [0.717, 1.165) is 38.5 Å². The van der Waals surface area contributed by atoms with E-state index in [0.29, 0.717) is 0 Å². The number of carbonyl (C=O) groups is 3. The molecular weight excluding hydrogens is 710 g/mol.